The van der Waals surface area contributed by atoms with E-state index in [1.807, 2.05) is 12.1 Å². The molecule has 1 heterocycles. The van der Waals surface area contributed by atoms with Gasteiger partial charge in [0, 0.05) is 24.5 Å². The number of nitrogens with zero attached hydrogens (tertiary/aromatic N) is 1. The van der Waals surface area contributed by atoms with Crippen LogP contribution in [0.25, 0.3) is 0 Å². The Kier molecular flexibility index (Phi) is 4.12. The van der Waals surface area contributed by atoms with E-state index in [9.17, 15) is 4.79 Å². The van der Waals surface area contributed by atoms with E-state index in [4.69, 9.17) is 11.6 Å². The van der Waals surface area contributed by atoms with Gasteiger partial charge in [0.2, 0.25) is 5.91 Å². The lowest BCUT2D eigenvalue weighted by Gasteiger charge is -2.20. The molecule has 18 heavy (non-hydrogen) atoms. The topological polar surface area (TPSA) is 32.3 Å². The van der Waals surface area contributed by atoms with E-state index >= 15 is 0 Å². The Labute approximate surface area is 113 Å². The number of benzene rings is 1. The van der Waals surface area contributed by atoms with Gasteiger partial charge in [-0.05, 0) is 50.5 Å². The summed E-state index contributed by atoms with van der Waals surface area (Å²) in [5.74, 6) is -0.162. The summed E-state index contributed by atoms with van der Waals surface area (Å²) >= 11 is 5.73. The van der Waals surface area contributed by atoms with Gasteiger partial charge in [-0.3, -0.25) is 4.79 Å². The van der Waals surface area contributed by atoms with Crippen molar-refractivity contribution in [3.8, 4) is 0 Å². The monoisotopic (exact) mass is 266 g/mol. The number of hydrogen-bond acceptors (Lipinski definition) is 2. The van der Waals surface area contributed by atoms with Crippen LogP contribution < -0.4 is 10.2 Å². The van der Waals surface area contributed by atoms with Crippen molar-refractivity contribution in [1.82, 2.24) is 0 Å². The lowest BCUT2D eigenvalue weighted by atomic mass is 10.1. The summed E-state index contributed by atoms with van der Waals surface area (Å²) < 4.78 is 0. The molecule has 1 aliphatic rings. The molecule has 0 aromatic heterocycles. The van der Waals surface area contributed by atoms with Crippen LogP contribution >= 0.6 is 11.6 Å². The number of carbonyl (C=O) groups excluding carboxylic acids is 1. The molecule has 0 saturated carbocycles. The quantitative estimate of drug-likeness (QED) is 0.853. The zero-order valence-electron chi connectivity index (χ0n) is 10.9. The molecule has 98 valence electrons. The van der Waals surface area contributed by atoms with Gasteiger partial charge >= 0.3 is 0 Å². The first-order chi connectivity index (χ1) is 8.58. The van der Waals surface area contributed by atoms with Gasteiger partial charge in [-0.25, -0.2) is 0 Å². The van der Waals surface area contributed by atoms with Crippen LogP contribution in [0.3, 0.4) is 0 Å². The normalized spacial score (nSPS) is 16.7. The third kappa shape index (κ3) is 2.96. The van der Waals surface area contributed by atoms with Crippen LogP contribution in [0.1, 0.15) is 25.3 Å². The molecule has 0 spiro atoms. The van der Waals surface area contributed by atoms with Gasteiger partial charge in [-0.2, -0.15) is 0 Å². The highest BCUT2D eigenvalue weighted by Crippen LogP contribution is 2.26. The fraction of sp³-hybridized carbons (Fsp3) is 0.500. The fourth-order valence-corrected chi connectivity index (χ4v) is 2.34. The van der Waals surface area contributed by atoms with E-state index in [0.717, 1.165) is 18.8 Å². The first-order valence-electron chi connectivity index (χ1n) is 6.38. The Morgan fingerprint density at radius 2 is 2.06 bits per heavy atom. The van der Waals surface area contributed by atoms with Gasteiger partial charge in [0.1, 0.15) is 5.38 Å². The number of aryl methyl sites for hydroxylation is 1. The molecule has 1 aromatic rings. The van der Waals surface area contributed by atoms with Crippen molar-refractivity contribution >= 4 is 28.9 Å². The molecule has 0 aliphatic carbocycles. The van der Waals surface area contributed by atoms with Crippen LogP contribution in [-0.2, 0) is 4.79 Å². The van der Waals surface area contributed by atoms with Crippen LogP contribution in [0.4, 0.5) is 11.4 Å². The molecule has 0 radical (unpaired) electrons. The van der Waals surface area contributed by atoms with Gasteiger partial charge in [0.25, 0.3) is 0 Å². The van der Waals surface area contributed by atoms with Crippen LogP contribution in [0, 0.1) is 6.92 Å². The molecule has 1 saturated heterocycles. The minimum Gasteiger partial charge on any atom is -0.371 e. The molecular weight excluding hydrogens is 248 g/mol. The molecule has 3 nitrogen and oxygen atoms in total. The summed E-state index contributed by atoms with van der Waals surface area (Å²) in [4.78, 5) is 13.9. The summed E-state index contributed by atoms with van der Waals surface area (Å²) in [6, 6.07) is 6.03. The molecule has 2 rings (SSSR count). The van der Waals surface area contributed by atoms with Crippen molar-refractivity contribution < 1.29 is 4.79 Å². The lowest BCUT2D eigenvalue weighted by molar-refractivity contribution is -0.115. The molecule has 1 N–H and O–H groups in total. The van der Waals surface area contributed by atoms with Crippen molar-refractivity contribution in [3.05, 3.63) is 23.8 Å². The zero-order chi connectivity index (χ0) is 13.1. The highest BCUT2D eigenvalue weighted by molar-refractivity contribution is 6.32. The van der Waals surface area contributed by atoms with Crippen molar-refractivity contribution in [2.45, 2.75) is 32.1 Å². The Morgan fingerprint density at radius 1 is 1.39 bits per heavy atom. The van der Waals surface area contributed by atoms with Gasteiger partial charge in [0.05, 0.1) is 0 Å². The number of nitrogens with one attached hydrogen (secondary N) is 1. The summed E-state index contributed by atoms with van der Waals surface area (Å²) in [6.07, 6.45) is 2.53. The summed E-state index contributed by atoms with van der Waals surface area (Å²) in [5.41, 5.74) is 3.27. The molecule has 1 aromatic carbocycles. The number of amides is 1. The van der Waals surface area contributed by atoms with E-state index in [1.165, 1.54) is 24.1 Å². The van der Waals surface area contributed by atoms with Gasteiger partial charge < -0.3 is 10.2 Å². The number of anilines is 2. The Balaban J connectivity index is 2.11. The Morgan fingerprint density at radius 3 is 2.61 bits per heavy atom. The molecule has 1 amide bonds. The van der Waals surface area contributed by atoms with Crippen LogP contribution in [0.5, 0.6) is 0 Å². The second-order valence-electron chi connectivity index (χ2n) is 4.80. The smallest absolute Gasteiger partial charge is 0.242 e. The number of alkyl halides is 1. The number of halogens is 1. The first kappa shape index (κ1) is 13.2. The second kappa shape index (κ2) is 5.61. The van der Waals surface area contributed by atoms with E-state index in [2.05, 4.69) is 23.2 Å². The molecule has 1 atom stereocenters. The van der Waals surface area contributed by atoms with Crippen molar-refractivity contribution in [2.24, 2.45) is 0 Å². The highest BCUT2D eigenvalue weighted by Gasteiger charge is 2.15. The van der Waals surface area contributed by atoms with Crippen LogP contribution in [0.2, 0.25) is 0 Å². The molecule has 1 aliphatic heterocycles. The minimum absolute atomic E-state index is 0.162. The SMILES string of the molecule is Cc1cc(NC(=O)[C@H](C)Cl)ccc1N1CCCC1. The van der Waals surface area contributed by atoms with E-state index < -0.39 is 5.38 Å². The number of rotatable bonds is 3. The average molecular weight is 267 g/mol. The van der Waals surface area contributed by atoms with Crippen molar-refractivity contribution in [2.75, 3.05) is 23.3 Å². The Hall–Kier alpha value is -1.22. The first-order valence-corrected chi connectivity index (χ1v) is 6.82. The van der Waals surface area contributed by atoms with Crippen LogP contribution in [-0.4, -0.2) is 24.4 Å². The standard InChI is InChI=1S/C14H19ClN2O/c1-10-9-12(16-14(18)11(2)15)5-6-13(10)17-7-3-4-8-17/h5-6,9,11H,3-4,7-8H2,1-2H3,(H,16,18)/t11-/m0/s1. The second-order valence-corrected chi connectivity index (χ2v) is 5.46. The number of hydrogen-bond donors (Lipinski definition) is 1. The fourth-order valence-electron chi connectivity index (χ4n) is 2.29. The van der Waals surface area contributed by atoms with E-state index in [1.54, 1.807) is 6.92 Å². The maximum absolute atomic E-state index is 11.5. The lowest BCUT2D eigenvalue weighted by Crippen LogP contribution is -2.21. The molecule has 0 bridgehead atoms. The minimum atomic E-state index is -0.511. The summed E-state index contributed by atoms with van der Waals surface area (Å²) in [7, 11) is 0. The predicted molar refractivity (Wildman–Crippen MR) is 76.6 cm³/mol. The van der Waals surface area contributed by atoms with Crippen molar-refractivity contribution in [3.63, 3.8) is 0 Å². The van der Waals surface area contributed by atoms with Gasteiger partial charge in [0.15, 0.2) is 0 Å². The van der Waals surface area contributed by atoms with Gasteiger partial charge in [-0.1, -0.05) is 0 Å². The molecule has 1 fully saturated rings. The third-order valence-electron chi connectivity index (χ3n) is 3.27. The van der Waals surface area contributed by atoms with E-state index in [0.29, 0.717) is 0 Å². The zero-order valence-corrected chi connectivity index (χ0v) is 11.6. The Bertz CT molecular complexity index is 439. The summed E-state index contributed by atoms with van der Waals surface area (Å²) in [5, 5.41) is 2.30. The average Bonchev–Trinajstić information content (AvgIpc) is 2.82. The maximum atomic E-state index is 11.5. The maximum Gasteiger partial charge on any atom is 0.242 e. The van der Waals surface area contributed by atoms with Crippen LogP contribution in [0.15, 0.2) is 18.2 Å². The van der Waals surface area contributed by atoms with Gasteiger partial charge in [-0.15, -0.1) is 11.6 Å². The molecule has 0 unspecified atom stereocenters. The third-order valence-corrected chi connectivity index (χ3v) is 3.47. The highest BCUT2D eigenvalue weighted by atomic mass is 35.5. The van der Waals surface area contributed by atoms with E-state index in [-0.39, 0.29) is 5.91 Å². The molecule has 4 heteroatoms. The predicted octanol–water partition coefficient (Wildman–Crippen LogP) is 3.16. The molecular formula is C14H19ClN2O. The summed E-state index contributed by atoms with van der Waals surface area (Å²) in [6.45, 7) is 6.01. The number of carbonyl (C=O) groups is 1. The largest absolute Gasteiger partial charge is 0.371 e. The van der Waals surface area contributed by atoms with Crippen molar-refractivity contribution in [1.29, 1.82) is 0 Å².